The van der Waals surface area contributed by atoms with Gasteiger partial charge in [0.05, 0.1) is 4.92 Å². The van der Waals surface area contributed by atoms with Crippen LogP contribution in [-0.2, 0) is 14.2 Å². The van der Waals surface area contributed by atoms with Crippen LogP contribution in [0.1, 0.15) is 18.6 Å². The summed E-state index contributed by atoms with van der Waals surface area (Å²) >= 11 is 0. The van der Waals surface area contributed by atoms with E-state index in [4.69, 9.17) is 18.9 Å². The van der Waals surface area contributed by atoms with Gasteiger partial charge in [-0.15, -0.1) is 0 Å². The van der Waals surface area contributed by atoms with Crippen molar-refractivity contribution in [3.05, 3.63) is 33.9 Å². The van der Waals surface area contributed by atoms with Crippen LogP contribution in [-0.4, -0.2) is 37.1 Å². The van der Waals surface area contributed by atoms with Gasteiger partial charge in [0.25, 0.3) is 5.69 Å². The lowest BCUT2D eigenvalue weighted by molar-refractivity contribution is -0.385. The molecule has 7 heteroatoms. The van der Waals surface area contributed by atoms with Crippen LogP contribution in [0, 0.1) is 10.1 Å². The van der Waals surface area contributed by atoms with Crippen LogP contribution in [0.15, 0.2) is 18.2 Å². The molecule has 3 rings (SSSR count). The first-order valence-electron chi connectivity index (χ1n) is 6.19. The average Bonchev–Trinajstić information content (AvgIpc) is 3.21. The van der Waals surface area contributed by atoms with E-state index >= 15 is 0 Å². The Bertz CT molecular complexity index is 558. The van der Waals surface area contributed by atoms with Crippen LogP contribution in [0.5, 0.6) is 5.75 Å². The van der Waals surface area contributed by atoms with E-state index in [9.17, 15) is 10.1 Å². The van der Waals surface area contributed by atoms with Crippen LogP contribution >= 0.6 is 0 Å². The number of epoxide rings is 1. The molecule has 0 N–H and O–H groups in total. The number of hydrogen-bond acceptors (Lipinski definition) is 6. The Balaban J connectivity index is 1.97. The van der Waals surface area contributed by atoms with E-state index < -0.39 is 16.8 Å². The van der Waals surface area contributed by atoms with Crippen molar-refractivity contribution in [1.82, 2.24) is 0 Å². The minimum absolute atomic E-state index is 0.0280. The van der Waals surface area contributed by atoms with Gasteiger partial charge >= 0.3 is 0 Å². The number of ether oxygens (including phenoxy) is 4. The minimum atomic E-state index is -0.780. The van der Waals surface area contributed by atoms with Gasteiger partial charge in [-0.25, -0.2) is 0 Å². The van der Waals surface area contributed by atoms with Crippen molar-refractivity contribution in [2.45, 2.75) is 31.0 Å². The van der Waals surface area contributed by atoms with Gasteiger partial charge in [0.15, 0.2) is 11.9 Å². The van der Waals surface area contributed by atoms with Gasteiger partial charge in [-0.1, -0.05) is 0 Å². The van der Waals surface area contributed by atoms with E-state index in [0.717, 1.165) is 0 Å². The predicted molar refractivity (Wildman–Crippen MR) is 67.5 cm³/mol. The number of benzene rings is 1. The molecular weight excluding hydrogens is 266 g/mol. The Morgan fingerprint density at radius 3 is 2.70 bits per heavy atom. The summed E-state index contributed by atoms with van der Waals surface area (Å²) in [7, 11) is 3.07. The van der Waals surface area contributed by atoms with E-state index in [1.807, 2.05) is 6.92 Å². The van der Waals surface area contributed by atoms with Crippen LogP contribution in [0.25, 0.3) is 0 Å². The van der Waals surface area contributed by atoms with Crippen molar-refractivity contribution in [2.24, 2.45) is 0 Å². The van der Waals surface area contributed by atoms with Gasteiger partial charge in [-0.3, -0.25) is 10.1 Å². The molecule has 3 atom stereocenters. The lowest BCUT2D eigenvalue weighted by Crippen LogP contribution is -2.53. The number of non-ortho nitro benzene ring substituents is 1. The summed E-state index contributed by atoms with van der Waals surface area (Å²) in [5.74, 6) is 0.566. The first kappa shape index (κ1) is 13.3. The zero-order valence-corrected chi connectivity index (χ0v) is 11.4. The number of fused-ring (bicyclic) bond motifs is 3. The maximum absolute atomic E-state index is 10.8. The van der Waals surface area contributed by atoms with Crippen LogP contribution < -0.4 is 4.74 Å². The molecule has 1 saturated heterocycles. The minimum Gasteiger partial charge on any atom is -0.479 e. The molecule has 0 amide bonds. The van der Waals surface area contributed by atoms with Crippen LogP contribution in [0.4, 0.5) is 5.69 Å². The van der Waals surface area contributed by atoms with Crippen molar-refractivity contribution in [3.63, 3.8) is 0 Å². The Morgan fingerprint density at radius 1 is 1.40 bits per heavy atom. The third kappa shape index (κ3) is 1.78. The molecule has 0 spiro atoms. The lowest BCUT2D eigenvalue weighted by atomic mass is 9.91. The Kier molecular flexibility index (Phi) is 2.93. The number of methoxy groups -OCH3 is 2. The molecule has 0 radical (unpaired) electrons. The molecule has 1 fully saturated rings. The second kappa shape index (κ2) is 4.41. The first-order valence-corrected chi connectivity index (χ1v) is 6.19. The van der Waals surface area contributed by atoms with Gasteiger partial charge in [0, 0.05) is 31.9 Å². The summed E-state index contributed by atoms with van der Waals surface area (Å²) < 4.78 is 22.1. The fourth-order valence-electron chi connectivity index (χ4n) is 2.79. The molecule has 0 unspecified atom stereocenters. The smallest absolute Gasteiger partial charge is 0.270 e. The normalized spacial score (nSPS) is 30.4. The quantitative estimate of drug-likeness (QED) is 0.362. The zero-order valence-electron chi connectivity index (χ0n) is 11.4. The highest BCUT2D eigenvalue weighted by Crippen LogP contribution is 2.55. The molecule has 1 aromatic rings. The van der Waals surface area contributed by atoms with E-state index in [-0.39, 0.29) is 17.9 Å². The lowest BCUT2D eigenvalue weighted by Gasteiger charge is -2.37. The van der Waals surface area contributed by atoms with Gasteiger partial charge < -0.3 is 18.9 Å². The van der Waals surface area contributed by atoms with Crippen molar-refractivity contribution in [2.75, 3.05) is 14.2 Å². The highest BCUT2D eigenvalue weighted by molar-refractivity contribution is 5.49. The van der Waals surface area contributed by atoms with Crippen molar-refractivity contribution in [3.8, 4) is 5.75 Å². The molecule has 0 bridgehead atoms. The number of nitrogens with zero attached hydrogens (tertiary/aromatic N) is 1. The maximum atomic E-state index is 10.8. The largest absolute Gasteiger partial charge is 0.479 e. The molecule has 0 aliphatic carbocycles. The molecule has 20 heavy (non-hydrogen) atoms. The van der Waals surface area contributed by atoms with Gasteiger partial charge in [0.2, 0.25) is 0 Å². The number of hydrogen-bond donors (Lipinski definition) is 0. The topological polar surface area (TPSA) is 83.4 Å². The fraction of sp³-hybridized carbons (Fsp3) is 0.538. The summed E-state index contributed by atoms with van der Waals surface area (Å²) in [5, 5.41) is 10.8. The number of nitro benzene ring substituents is 1. The van der Waals surface area contributed by atoms with E-state index in [2.05, 4.69) is 0 Å². The molecule has 1 aromatic carbocycles. The van der Waals surface area contributed by atoms with E-state index in [1.54, 1.807) is 6.07 Å². The zero-order chi connectivity index (χ0) is 14.5. The monoisotopic (exact) mass is 281 g/mol. The molecular formula is C13H15NO6. The molecule has 2 heterocycles. The molecule has 0 aromatic heterocycles. The highest BCUT2D eigenvalue weighted by Gasteiger charge is 2.63. The molecule has 2 aliphatic heterocycles. The van der Waals surface area contributed by atoms with Crippen molar-refractivity contribution in [1.29, 1.82) is 0 Å². The third-order valence-electron chi connectivity index (χ3n) is 3.79. The second-order valence-corrected chi connectivity index (χ2v) is 5.05. The average molecular weight is 281 g/mol. The Morgan fingerprint density at radius 2 is 2.10 bits per heavy atom. The standard InChI is InChI=1S/C13H15NO6/c1-13(12(17-2)18-3)11-10(19-11)8-6-7(14(15)16)4-5-9(8)20-13/h4-6,10-12H,1-3H3/t10-,11-,13+/m0/s1. The fourth-order valence-corrected chi connectivity index (χ4v) is 2.79. The van der Waals surface area contributed by atoms with Crippen LogP contribution in [0.3, 0.4) is 0 Å². The SMILES string of the molecule is COC(OC)[C@]1(C)Oc2ccc([N+](=O)[O-])cc2[C@@H]2O[C@@H]21. The molecule has 7 nitrogen and oxygen atoms in total. The van der Waals surface area contributed by atoms with Crippen LogP contribution in [0.2, 0.25) is 0 Å². The van der Waals surface area contributed by atoms with E-state index in [0.29, 0.717) is 11.3 Å². The summed E-state index contributed by atoms with van der Waals surface area (Å²) in [6, 6.07) is 4.50. The Hall–Kier alpha value is -1.70. The van der Waals surface area contributed by atoms with Gasteiger partial charge in [0.1, 0.15) is 18.0 Å². The maximum Gasteiger partial charge on any atom is 0.270 e. The molecule has 108 valence electrons. The highest BCUT2D eigenvalue weighted by atomic mass is 16.7. The summed E-state index contributed by atoms with van der Waals surface area (Å²) in [6.07, 6.45) is -1.03. The van der Waals surface area contributed by atoms with Gasteiger partial charge in [-0.2, -0.15) is 0 Å². The summed E-state index contributed by atoms with van der Waals surface area (Å²) in [5.41, 5.74) is -0.0509. The van der Waals surface area contributed by atoms with E-state index in [1.165, 1.54) is 26.4 Å². The predicted octanol–water partition coefficient (Wildman–Crippen LogP) is 1.80. The second-order valence-electron chi connectivity index (χ2n) is 5.05. The Labute approximate surface area is 115 Å². The third-order valence-corrected chi connectivity index (χ3v) is 3.79. The summed E-state index contributed by atoms with van der Waals surface area (Å²) in [4.78, 5) is 10.4. The summed E-state index contributed by atoms with van der Waals surface area (Å²) in [6.45, 7) is 1.85. The number of nitro groups is 1. The molecule has 2 aliphatic rings. The van der Waals surface area contributed by atoms with Crippen molar-refractivity contribution < 1.29 is 23.9 Å². The number of rotatable bonds is 4. The van der Waals surface area contributed by atoms with Crippen molar-refractivity contribution >= 4 is 5.69 Å². The van der Waals surface area contributed by atoms with Gasteiger partial charge in [-0.05, 0) is 13.0 Å². The molecule has 0 saturated carbocycles. The first-order chi connectivity index (χ1) is 9.51.